The van der Waals surface area contributed by atoms with Gasteiger partial charge in [0, 0.05) is 0 Å². The average Bonchev–Trinajstić information content (AvgIpc) is 2.41. The SMILES string of the molecule is COC(=O)C(CC(C)C)NC(=O)C(CC(C)C)NC(=O)OC(C)(C)C. The summed E-state index contributed by atoms with van der Waals surface area (Å²) in [7, 11) is 1.28. The van der Waals surface area contributed by atoms with Crippen molar-refractivity contribution in [3.05, 3.63) is 0 Å². The summed E-state index contributed by atoms with van der Waals surface area (Å²) < 4.78 is 9.97. The quantitative estimate of drug-likeness (QED) is 0.651. The second-order valence-corrected chi connectivity index (χ2v) is 8.04. The van der Waals surface area contributed by atoms with Gasteiger partial charge in [-0.1, -0.05) is 27.7 Å². The Balaban J connectivity index is 5.07. The summed E-state index contributed by atoms with van der Waals surface area (Å²) in [6.45, 7) is 13.0. The fourth-order valence-electron chi connectivity index (χ4n) is 2.25. The molecule has 0 aliphatic heterocycles. The lowest BCUT2D eigenvalue weighted by Crippen LogP contribution is -2.53. The van der Waals surface area contributed by atoms with Crippen molar-refractivity contribution in [3.8, 4) is 0 Å². The van der Waals surface area contributed by atoms with Crippen molar-refractivity contribution in [2.45, 2.75) is 79.0 Å². The Morgan fingerprint density at radius 3 is 1.76 bits per heavy atom. The molecular weight excluding hydrogens is 324 g/mol. The standard InChI is InChI=1S/C18H34N2O5/c1-11(2)9-13(20-17(23)25-18(5,6)7)15(21)19-14(10-12(3)4)16(22)24-8/h11-14H,9-10H2,1-8H3,(H,19,21)(H,20,23). The van der Waals surface area contributed by atoms with E-state index in [0.29, 0.717) is 12.8 Å². The number of hydrogen-bond acceptors (Lipinski definition) is 5. The molecule has 0 aromatic carbocycles. The summed E-state index contributed by atoms with van der Waals surface area (Å²) in [6, 6.07) is -1.53. The Bertz CT molecular complexity index is 455. The molecule has 0 saturated heterocycles. The van der Waals surface area contributed by atoms with E-state index in [2.05, 4.69) is 10.6 Å². The molecule has 0 fully saturated rings. The molecule has 2 unspecified atom stereocenters. The van der Waals surface area contributed by atoms with Crippen molar-refractivity contribution in [2.75, 3.05) is 7.11 Å². The van der Waals surface area contributed by atoms with Gasteiger partial charge in [-0.3, -0.25) is 4.79 Å². The van der Waals surface area contributed by atoms with Gasteiger partial charge in [0.25, 0.3) is 0 Å². The van der Waals surface area contributed by atoms with Gasteiger partial charge in [0.2, 0.25) is 5.91 Å². The van der Waals surface area contributed by atoms with Gasteiger partial charge in [0.05, 0.1) is 7.11 Å². The Morgan fingerprint density at radius 1 is 0.880 bits per heavy atom. The van der Waals surface area contributed by atoms with E-state index in [-0.39, 0.29) is 11.8 Å². The van der Waals surface area contributed by atoms with Gasteiger partial charge < -0.3 is 20.1 Å². The maximum atomic E-state index is 12.6. The minimum Gasteiger partial charge on any atom is -0.467 e. The van der Waals surface area contributed by atoms with E-state index in [1.165, 1.54) is 7.11 Å². The minimum atomic E-state index is -0.783. The molecule has 2 N–H and O–H groups in total. The second kappa shape index (κ2) is 10.3. The molecule has 0 aliphatic carbocycles. The van der Waals surface area contributed by atoms with Gasteiger partial charge in [-0.2, -0.15) is 0 Å². The fraction of sp³-hybridized carbons (Fsp3) is 0.833. The number of amides is 2. The smallest absolute Gasteiger partial charge is 0.408 e. The van der Waals surface area contributed by atoms with E-state index >= 15 is 0 Å². The first-order valence-corrected chi connectivity index (χ1v) is 8.73. The largest absolute Gasteiger partial charge is 0.467 e. The number of rotatable bonds is 8. The lowest BCUT2D eigenvalue weighted by molar-refractivity contribution is -0.145. The van der Waals surface area contributed by atoms with Crippen LogP contribution in [-0.2, 0) is 19.1 Å². The number of nitrogens with one attached hydrogen (secondary N) is 2. The molecule has 0 aromatic heterocycles. The molecule has 2 amide bonds. The number of carbonyl (C=O) groups excluding carboxylic acids is 3. The molecule has 25 heavy (non-hydrogen) atoms. The van der Waals surface area contributed by atoms with Crippen LogP contribution in [0.2, 0.25) is 0 Å². The molecule has 7 nitrogen and oxygen atoms in total. The Hall–Kier alpha value is -1.79. The molecule has 0 spiro atoms. The van der Waals surface area contributed by atoms with Crippen LogP contribution in [0, 0.1) is 11.8 Å². The summed E-state index contributed by atoms with van der Waals surface area (Å²) in [5.41, 5.74) is -0.658. The Kier molecular flexibility index (Phi) is 9.52. The molecule has 2 atom stereocenters. The first-order chi connectivity index (χ1) is 11.4. The number of esters is 1. The van der Waals surface area contributed by atoms with E-state index in [9.17, 15) is 14.4 Å². The fourth-order valence-corrected chi connectivity index (χ4v) is 2.25. The molecule has 0 radical (unpaired) electrons. The zero-order valence-corrected chi connectivity index (χ0v) is 16.8. The summed E-state index contributed by atoms with van der Waals surface area (Å²) in [5, 5.41) is 5.28. The lowest BCUT2D eigenvalue weighted by Gasteiger charge is -2.26. The summed E-state index contributed by atoms with van der Waals surface area (Å²) >= 11 is 0. The van der Waals surface area contributed by atoms with Gasteiger partial charge in [-0.15, -0.1) is 0 Å². The Morgan fingerprint density at radius 2 is 1.36 bits per heavy atom. The zero-order chi connectivity index (χ0) is 19.8. The maximum absolute atomic E-state index is 12.6. The predicted molar refractivity (Wildman–Crippen MR) is 96.0 cm³/mol. The number of alkyl carbamates (subject to hydrolysis) is 1. The first-order valence-electron chi connectivity index (χ1n) is 8.73. The Labute approximate surface area is 151 Å². The van der Waals surface area contributed by atoms with Crippen LogP contribution in [0.25, 0.3) is 0 Å². The normalized spacial score (nSPS) is 14.0. The van der Waals surface area contributed by atoms with E-state index in [1.54, 1.807) is 20.8 Å². The second-order valence-electron chi connectivity index (χ2n) is 8.04. The van der Waals surface area contributed by atoms with Crippen LogP contribution in [0.1, 0.15) is 61.3 Å². The van der Waals surface area contributed by atoms with E-state index in [4.69, 9.17) is 9.47 Å². The third kappa shape index (κ3) is 10.6. The van der Waals surface area contributed by atoms with Crippen LogP contribution in [0.15, 0.2) is 0 Å². The van der Waals surface area contributed by atoms with Crippen molar-refractivity contribution >= 4 is 18.0 Å². The third-order valence-electron chi connectivity index (χ3n) is 3.22. The van der Waals surface area contributed by atoms with Crippen LogP contribution >= 0.6 is 0 Å². The molecule has 146 valence electrons. The van der Waals surface area contributed by atoms with Crippen LogP contribution in [0.5, 0.6) is 0 Å². The molecule has 0 heterocycles. The molecule has 0 bridgehead atoms. The number of hydrogen-bond donors (Lipinski definition) is 2. The van der Waals surface area contributed by atoms with Gasteiger partial charge in [-0.05, 0) is 45.4 Å². The van der Waals surface area contributed by atoms with Gasteiger partial charge in [0.1, 0.15) is 17.7 Å². The monoisotopic (exact) mass is 358 g/mol. The van der Waals surface area contributed by atoms with Gasteiger partial charge in [0.15, 0.2) is 0 Å². The third-order valence-corrected chi connectivity index (χ3v) is 3.22. The van der Waals surface area contributed by atoms with Crippen LogP contribution < -0.4 is 10.6 Å². The average molecular weight is 358 g/mol. The highest BCUT2D eigenvalue weighted by molar-refractivity contribution is 5.89. The summed E-state index contributed by atoms with van der Waals surface area (Å²) in [6.07, 6.45) is 0.228. The highest BCUT2D eigenvalue weighted by Crippen LogP contribution is 2.11. The molecular formula is C18H34N2O5. The van der Waals surface area contributed by atoms with Crippen molar-refractivity contribution < 1.29 is 23.9 Å². The predicted octanol–water partition coefficient (Wildman–Crippen LogP) is 2.63. The van der Waals surface area contributed by atoms with Crippen molar-refractivity contribution in [1.29, 1.82) is 0 Å². The van der Waals surface area contributed by atoms with Crippen molar-refractivity contribution in [3.63, 3.8) is 0 Å². The highest BCUT2D eigenvalue weighted by Gasteiger charge is 2.29. The topological polar surface area (TPSA) is 93.7 Å². The number of methoxy groups -OCH3 is 1. The highest BCUT2D eigenvalue weighted by atomic mass is 16.6. The molecule has 0 saturated carbocycles. The van der Waals surface area contributed by atoms with E-state index < -0.39 is 35.7 Å². The maximum Gasteiger partial charge on any atom is 0.408 e. The molecule has 0 aromatic rings. The molecule has 7 heteroatoms. The minimum absolute atomic E-state index is 0.173. The zero-order valence-electron chi connectivity index (χ0n) is 16.8. The van der Waals surface area contributed by atoms with Crippen LogP contribution in [0.4, 0.5) is 4.79 Å². The van der Waals surface area contributed by atoms with Crippen molar-refractivity contribution in [2.24, 2.45) is 11.8 Å². The lowest BCUT2D eigenvalue weighted by atomic mass is 10.0. The summed E-state index contributed by atoms with van der Waals surface area (Å²) in [4.78, 5) is 36.5. The van der Waals surface area contributed by atoms with E-state index in [0.717, 1.165) is 0 Å². The van der Waals surface area contributed by atoms with Crippen molar-refractivity contribution in [1.82, 2.24) is 10.6 Å². The molecule has 0 aliphatic rings. The van der Waals surface area contributed by atoms with Crippen LogP contribution in [-0.4, -0.2) is 42.8 Å². The number of ether oxygens (including phenoxy) is 2. The van der Waals surface area contributed by atoms with Crippen LogP contribution in [0.3, 0.4) is 0 Å². The van der Waals surface area contributed by atoms with Gasteiger partial charge in [-0.25, -0.2) is 9.59 Å². The summed E-state index contributed by atoms with van der Waals surface area (Å²) in [5.74, 6) is -0.544. The van der Waals surface area contributed by atoms with Gasteiger partial charge >= 0.3 is 12.1 Å². The first kappa shape index (κ1) is 23.2. The molecule has 0 rings (SSSR count). The van der Waals surface area contributed by atoms with E-state index in [1.807, 2.05) is 27.7 Å². The number of carbonyl (C=O) groups is 3.